The van der Waals surface area contributed by atoms with Gasteiger partial charge >= 0.3 is 0 Å². The number of ether oxygens (including phenoxy) is 2. The molecule has 4 aliphatic rings. The van der Waals surface area contributed by atoms with Crippen molar-refractivity contribution in [3.8, 4) is 17.2 Å². The molecule has 5 aromatic rings. The Hall–Kier alpha value is -7.13. The third-order valence-corrected chi connectivity index (χ3v) is 12.8. The lowest BCUT2D eigenvalue weighted by atomic mass is 9.45. The molecule has 2 amide bonds. The van der Waals surface area contributed by atoms with Crippen LogP contribution in [-0.4, -0.2) is 48.5 Å². The highest BCUT2D eigenvalue weighted by molar-refractivity contribution is 6.31. The number of methoxy groups -OCH3 is 2. The molecule has 3 aliphatic carbocycles. The van der Waals surface area contributed by atoms with Crippen molar-refractivity contribution in [1.82, 2.24) is 0 Å². The fourth-order valence-electron chi connectivity index (χ4n) is 10.1. The lowest BCUT2D eigenvalue weighted by Crippen LogP contribution is -2.59. The number of imide groups is 1. The van der Waals surface area contributed by atoms with Gasteiger partial charge in [0.25, 0.3) is 0 Å². The highest BCUT2D eigenvalue weighted by atomic mass is 16.5. The van der Waals surface area contributed by atoms with Gasteiger partial charge in [0.15, 0.2) is 28.8 Å². The highest BCUT2D eigenvalue weighted by Crippen LogP contribution is 2.61. The number of anilines is 1. The Morgan fingerprint density at radius 1 is 0.750 bits per heavy atom. The van der Waals surface area contributed by atoms with Gasteiger partial charge in [-0.05, 0) is 77.9 Å². The van der Waals surface area contributed by atoms with Crippen molar-refractivity contribution in [2.75, 3.05) is 19.1 Å². The molecule has 1 N–H and O–H groups in total. The monoisotopic (exact) mass is 795 g/mol. The molecule has 6 atom stereocenters. The zero-order valence-electron chi connectivity index (χ0n) is 33.0. The van der Waals surface area contributed by atoms with E-state index in [1.54, 1.807) is 60.7 Å². The average Bonchev–Trinajstić information content (AvgIpc) is 3.55. The van der Waals surface area contributed by atoms with E-state index in [1.807, 2.05) is 85.0 Å². The maximum atomic E-state index is 15.3. The number of phenols is 1. The van der Waals surface area contributed by atoms with Crippen LogP contribution in [0.5, 0.6) is 17.2 Å². The van der Waals surface area contributed by atoms with Crippen LogP contribution in [0.1, 0.15) is 45.5 Å². The van der Waals surface area contributed by atoms with Crippen LogP contribution in [0.25, 0.3) is 11.6 Å². The predicted octanol–water partition coefficient (Wildman–Crippen LogP) is 8.22. The Kier molecular flexibility index (Phi) is 9.75. The molecule has 2 fully saturated rings. The molecule has 6 unspecified atom stereocenters. The molecule has 1 saturated heterocycles. The molecule has 0 spiro atoms. The summed E-state index contributed by atoms with van der Waals surface area (Å²) in [6, 6.07) is 37.2. The number of allylic oxidation sites excluding steroid dienone is 5. The number of Topliss-reactive ketones (excluding diaryl/α,β-unsaturated/α-hetero) is 1. The Bertz CT molecular complexity index is 2620. The number of hydrogen-bond donors (Lipinski definition) is 1. The molecule has 60 heavy (non-hydrogen) atoms. The molecule has 1 saturated carbocycles. The number of hydrogen-bond acceptors (Lipinski definition) is 8. The van der Waals surface area contributed by atoms with Crippen molar-refractivity contribution in [1.29, 1.82) is 0 Å². The minimum atomic E-state index is -1.39. The van der Waals surface area contributed by atoms with Crippen molar-refractivity contribution in [3.63, 3.8) is 0 Å². The van der Waals surface area contributed by atoms with Crippen molar-refractivity contribution in [2.45, 2.75) is 18.3 Å². The zero-order chi connectivity index (χ0) is 41.7. The smallest absolute Gasteiger partial charge is 0.238 e. The zero-order valence-corrected chi connectivity index (χ0v) is 33.0. The molecule has 9 nitrogen and oxygen atoms in total. The summed E-state index contributed by atoms with van der Waals surface area (Å²) in [6.45, 7) is 0. The van der Waals surface area contributed by atoms with Gasteiger partial charge in [0.2, 0.25) is 17.6 Å². The van der Waals surface area contributed by atoms with E-state index >= 15 is 9.59 Å². The van der Waals surface area contributed by atoms with E-state index in [0.29, 0.717) is 39.1 Å². The molecule has 298 valence electrons. The van der Waals surface area contributed by atoms with Gasteiger partial charge in [0.1, 0.15) is 0 Å². The number of nitrogens with zero attached hydrogens (tertiary/aromatic N) is 1. The standard InChI is InChI=1S/C51H41NO8/c1-59-42-26-30(27-43(60-2)48(42)56)18-25-40-36-23-24-37-45(50(58)52(49(37)57)35-21-19-33(20-22-35)46(54)32-14-8-4-9-15-32)39(36)28-41-47(55)38(31-12-6-3-7-13-31)29-44(53)51(40,41)34-16-10-5-11-17-34/h3-23,25-27,29,37,39-41,45,56H,24,28H2,1-2H3. The lowest BCUT2D eigenvalue weighted by Gasteiger charge is -2.54. The van der Waals surface area contributed by atoms with E-state index in [-0.39, 0.29) is 59.3 Å². The van der Waals surface area contributed by atoms with E-state index in [0.717, 1.165) is 5.57 Å². The Morgan fingerprint density at radius 2 is 1.35 bits per heavy atom. The highest BCUT2D eigenvalue weighted by Gasteiger charge is 2.65. The van der Waals surface area contributed by atoms with Crippen LogP contribution in [0, 0.1) is 29.6 Å². The van der Waals surface area contributed by atoms with Crippen molar-refractivity contribution in [3.05, 3.63) is 179 Å². The van der Waals surface area contributed by atoms with Gasteiger partial charge in [0, 0.05) is 28.5 Å². The number of phenolic OH excluding ortho intramolecular Hbond substituents is 1. The van der Waals surface area contributed by atoms with Crippen LogP contribution in [0.4, 0.5) is 5.69 Å². The fourth-order valence-corrected chi connectivity index (χ4v) is 10.1. The summed E-state index contributed by atoms with van der Waals surface area (Å²) in [5.74, 6) is -4.75. The van der Waals surface area contributed by atoms with Gasteiger partial charge in [-0.25, -0.2) is 0 Å². The van der Waals surface area contributed by atoms with Crippen LogP contribution in [0.15, 0.2) is 151 Å². The van der Waals surface area contributed by atoms with Crippen LogP contribution < -0.4 is 14.4 Å². The van der Waals surface area contributed by atoms with Crippen molar-refractivity contribution >= 4 is 46.5 Å². The summed E-state index contributed by atoms with van der Waals surface area (Å²) < 4.78 is 10.9. The van der Waals surface area contributed by atoms with Crippen LogP contribution >= 0.6 is 0 Å². The molecular formula is C51H41NO8. The van der Waals surface area contributed by atoms with Gasteiger partial charge < -0.3 is 14.6 Å². The second-order valence-corrected chi connectivity index (χ2v) is 15.7. The number of ketones is 3. The number of benzene rings is 5. The lowest BCUT2D eigenvalue weighted by molar-refractivity contribution is -0.135. The Labute approximate surface area is 347 Å². The number of aromatic hydroxyl groups is 1. The minimum absolute atomic E-state index is 0.158. The first kappa shape index (κ1) is 38.4. The van der Waals surface area contributed by atoms with Gasteiger partial charge in [-0.1, -0.05) is 115 Å². The molecule has 5 aromatic carbocycles. The summed E-state index contributed by atoms with van der Waals surface area (Å²) in [4.78, 5) is 74.0. The van der Waals surface area contributed by atoms with E-state index < -0.39 is 35.0 Å². The number of carbonyl (C=O) groups excluding carboxylic acids is 5. The van der Waals surface area contributed by atoms with E-state index in [1.165, 1.54) is 25.2 Å². The molecular weight excluding hydrogens is 755 g/mol. The average molecular weight is 796 g/mol. The maximum Gasteiger partial charge on any atom is 0.238 e. The normalized spacial score (nSPS) is 24.6. The van der Waals surface area contributed by atoms with Gasteiger partial charge in [-0.15, -0.1) is 0 Å². The fraction of sp³-hybridized carbons (Fsp3) is 0.196. The Morgan fingerprint density at radius 3 is 1.98 bits per heavy atom. The summed E-state index contributed by atoms with van der Waals surface area (Å²) in [6.07, 6.45) is 7.66. The van der Waals surface area contributed by atoms with Crippen LogP contribution in [0.2, 0.25) is 0 Å². The number of carbonyl (C=O) groups is 5. The summed E-state index contributed by atoms with van der Waals surface area (Å²) >= 11 is 0. The largest absolute Gasteiger partial charge is 0.502 e. The SMILES string of the molecule is COc1cc(C=CC2C3=CCC4C(=O)N(c5ccc(C(=O)c6ccccc6)cc5)C(=O)C4C3CC3C(=O)C(c4ccccc4)=CC(=O)C23c2ccccc2)cc(OC)c1O. The second kappa shape index (κ2) is 15.2. The van der Waals surface area contributed by atoms with Crippen molar-refractivity contribution < 1.29 is 38.6 Å². The number of fused-ring (bicyclic) bond motifs is 4. The first-order valence-electron chi connectivity index (χ1n) is 20.0. The predicted molar refractivity (Wildman–Crippen MR) is 226 cm³/mol. The van der Waals surface area contributed by atoms with Crippen LogP contribution in [-0.2, 0) is 24.6 Å². The maximum absolute atomic E-state index is 15.3. The molecule has 0 radical (unpaired) electrons. The summed E-state index contributed by atoms with van der Waals surface area (Å²) in [7, 11) is 2.88. The van der Waals surface area contributed by atoms with E-state index in [2.05, 4.69) is 0 Å². The minimum Gasteiger partial charge on any atom is -0.502 e. The summed E-state index contributed by atoms with van der Waals surface area (Å²) in [5, 5.41) is 10.7. The first-order chi connectivity index (χ1) is 29.2. The quantitative estimate of drug-likeness (QED) is 0.0899. The first-order valence-corrected chi connectivity index (χ1v) is 20.0. The molecule has 1 heterocycles. The van der Waals surface area contributed by atoms with E-state index in [4.69, 9.17) is 9.47 Å². The van der Waals surface area contributed by atoms with Gasteiger partial charge in [0.05, 0.1) is 37.2 Å². The van der Waals surface area contributed by atoms with Gasteiger partial charge in [-0.3, -0.25) is 28.9 Å². The van der Waals surface area contributed by atoms with E-state index in [9.17, 15) is 19.5 Å². The summed E-state index contributed by atoms with van der Waals surface area (Å²) in [5.41, 5.74) is 2.97. The van der Waals surface area contributed by atoms with Crippen LogP contribution in [0.3, 0.4) is 0 Å². The Balaban J connectivity index is 1.17. The van der Waals surface area contributed by atoms with Crippen molar-refractivity contribution in [2.24, 2.45) is 29.6 Å². The third-order valence-electron chi connectivity index (χ3n) is 12.8. The number of amides is 2. The van der Waals surface area contributed by atoms with Gasteiger partial charge in [-0.2, -0.15) is 0 Å². The molecule has 0 aromatic heterocycles. The molecule has 9 rings (SSSR count). The molecule has 0 bridgehead atoms. The number of rotatable bonds is 9. The second-order valence-electron chi connectivity index (χ2n) is 15.7. The third kappa shape index (κ3) is 6.03. The molecule has 9 heteroatoms. The topological polar surface area (TPSA) is 127 Å². The molecule has 1 aliphatic heterocycles.